The van der Waals surface area contributed by atoms with Gasteiger partial charge in [-0.2, -0.15) is 0 Å². The monoisotopic (exact) mass is 297 g/mol. The molecule has 0 radical (unpaired) electrons. The van der Waals surface area contributed by atoms with Crippen molar-refractivity contribution in [1.82, 2.24) is 4.90 Å². The second-order valence-electron chi connectivity index (χ2n) is 5.12. The van der Waals surface area contributed by atoms with Gasteiger partial charge in [-0.15, -0.1) is 0 Å². The molecule has 1 fully saturated rings. The second-order valence-corrected chi connectivity index (χ2v) is 7.43. The SMILES string of the molecule is Cc1cccc(C)c1OC(=O)CN1CCS(=O)(=O)CC1. The number of hydrogen-bond donors (Lipinski definition) is 0. The minimum atomic E-state index is -2.92. The molecule has 0 bridgehead atoms. The van der Waals surface area contributed by atoms with Gasteiger partial charge in [0.25, 0.3) is 0 Å². The van der Waals surface area contributed by atoms with E-state index in [4.69, 9.17) is 4.74 Å². The van der Waals surface area contributed by atoms with Crippen molar-refractivity contribution in [2.45, 2.75) is 13.8 Å². The lowest BCUT2D eigenvalue weighted by atomic mass is 10.1. The van der Waals surface area contributed by atoms with Gasteiger partial charge in [0.1, 0.15) is 5.75 Å². The van der Waals surface area contributed by atoms with Gasteiger partial charge >= 0.3 is 5.97 Å². The summed E-state index contributed by atoms with van der Waals surface area (Å²) in [5.74, 6) is 0.483. The molecule has 0 atom stereocenters. The molecule has 1 aliphatic rings. The molecule has 0 amide bonds. The number of rotatable bonds is 3. The Hall–Kier alpha value is -1.40. The van der Waals surface area contributed by atoms with Crippen LogP contribution in [0.25, 0.3) is 0 Å². The van der Waals surface area contributed by atoms with Crippen LogP contribution in [0.4, 0.5) is 0 Å². The van der Waals surface area contributed by atoms with Crippen LogP contribution in [0.15, 0.2) is 18.2 Å². The van der Waals surface area contributed by atoms with Gasteiger partial charge in [-0.3, -0.25) is 9.69 Å². The maximum atomic E-state index is 11.9. The average molecular weight is 297 g/mol. The van der Waals surface area contributed by atoms with Gasteiger partial charge in [-0.05, 0) is 25.0 Å². The summed E-state index contributed by atoms with van der Waals surface area (Å²) in [5, 5.41) is 0. The third kappa shape index (κ3) is 3.80. The highest BCUT2D eigenvalue weighted by atomic mass is 32.2. The predicted molar refractivity (Wildman–Crippen MR) is 76.6 cm³/mol. The summed E-state index contributed by atoms with van der Waals surface area (Å²) in [6.45, 7) is 4.70. The number of esters is 1. The Bertz CT molecular complexity index is 575. The summed E-state index contributed by atoms with van der Waals surface area (Å²) in [5.41, 5.74) is 1.83. The van der Waals surface area contributed by atoms with E-state index in [9.17, 15) is 13.2 Å². The van der Waals surface area contributed by atoms with Gasteiger partial charge < -0.3 is 4.74 Å². The van der Waals surface area contributed by atoms with Crippen LogP contribution < -0.4 is 4.74 Å². The molecule has 1 heterocycles. The predicted octanol–water partition coefficient (Wildman–Crippen LogP) is 0.939. The summed E-state index contributed by atoms with van der Waals surface area (Å²) in [6.07, 6.45) is 0. The number of para-hydroxylation sites is 1. The van der Waals surface area contributed by atoms with Crippen molar-refractivity contribution in [1.29, 1.82) is 0 Å². The fourth-order valence-electron chi connectivity index (χ4n) is 2.20. The molecule has 2 rings (SSSR count). The molecule has 6 heteroatoms. The first-order valence-electron chi connectivity index (χ1n) is 6.57. The van der Waals surface area contributed by atoms with Crippen molar-refractivity contribution in [3.8, 4) is 5.75 Å². The maximum absolute atomic E-state index is 11.9. The molecule has 1 aromatic carbocycles. The first-order chi connectivity index (χ1) is 9.37. The van der Waals surface area contributed by atoms with Crippen LogP contribution in [-0.2, 0) is 14.6 Å². The molecule has 1 saturated heterocycles. The van der Waals surface area contributed by atoms with Gasteiger partial charge in [0.2, 0.25) is 0 Å². The smallest absolute Gasteiger partial charge is 0.325 e. The van der Waals surface area contributed by atoms with E-state index in [0.717, 1.165) is 11.1 Å². The fraction of sp³-hybridized carbons (Fsp3) is 0.500. The van der Waals surface area contributed by atoms with Crippen LogP contribution >= 0.6 is 0 Å². The van der Waals surface area contributed by atoms with E-state index in [-0.39, 0.29) is 24.0 Å². The minimum Gasteiger partial charge on any atom is -0.425 e. The van der Waals surface area contributed by atoms with E-state index in [1.54, 1.807) is 0 Å². The molecule has 20 heavy (non-hydrogen) atoms. The molecular formula is C14H19NO4S. The van der Waals surface area contributed by atoms with Gasteiger partial charge in [0, 0.05) is 13.1 Å². The zero-order chi connectivity index (χ0) is 14.8. The van der Waals surface area contributed by atoms with E-state index in [0.29, 0.717) is 18.8 Å². The lowest BCUT2D eigenvalue weighted by Gasteiger charge is -2.25. The first kappa shape index (κ1) is 15.0. The second kappa shape index (κ2) is 5.93. The molecule has 1 aromatic rings. The molecule has 0 aliphatic carbocycles. The fourth-order valence-corrected chi connectivity index (χ4v) is 3.47. The number of ether oxygens (including phenoxy) is 1. The Balaban J connectivity index is 1.93. The van der Waals surface area contributed by atoms with Crippen LogP contribution in [0.2, 0.25) is 0 Å². The first-order valence-corrected chi connectivity index (χ1v) is 8.39. The summed E-state index contributed by atoms with van der Waals surface area (Å²) >= 11 is 0. The van der Waals surface area contributed by atoms with Crippen molar-refractivity contribution >= 4 is 15.8 Å². The van der Waals surface area contributed by atoms with Crippen molar-refractivity contribution < 1.29 is 17.9 Å². The van der Waals surface area contributed by atoms with Crippen LogP contribution in [0.3, 0.4) is 0 Å². The van der Waals surface area contributed by atoms with E-state index < -0.39 is 9.84 Å². The maximum Gasteiger partial charge on any atom is 0.325 e. The number of carbonyl (C=O) groups excluding carboxylic acids is 1. The highest BCUT2D eigenvalue weighted by Gasteiger charge is 2.23. The Morgan fingerprint density at radius 3 is 2.30 bits per heavy atom. The van der Waals surface area contributed by atoms with Gasteiger partial charge in [0.15, 0.2) is 9.84 Å². The van der Waals surface area contributed by atoms with Crippen LogP contribution in [0, 0.1) is 13.8 Å². The highest BCUT2D eigenvalue weighted by Crippen LogP contribution is 2.22. The van der Waals surface area contributed by atoms with E-state index in [2.05, 4.69) is 0 Å². The highest BCUT2D eigenvalue weighted by molar-refractivity contribution is 7.91. The zero-order valence-corrected chi connectivity index (χ0v) is 12.6. The van der Waals surface area contributed by atoms with Crippen molar-refractivity contribution in [2.24, 2.45) is 0 Å². The Labute approximate surface area is 119 Å². The molecule has 110 valence electrons. The topological polar surface area (TPSA) is 63.7 Å². The van der Waals surface area contributed by atoms with Crippen molar-refractivity contribution in [3.63, 3.8) is 0 Å². The zero-order valence-electron chi connectivity index (χ0n) is 11.8. The molecule has 5 nitrogen and oxygen atoms in total. The Kier molecular flexibility index (Phi) is 4.45. The summed E-state index contributed by atoms with van der Waals surface area (Å²) in [4.78, 5) is 13.7. The normalized spacial score (nSPS) is 18.7. The van der Waals surface area contributed by atoms with Crippen LogP contribution in [-0.4, -0.2) is 50.4 Å². The van der Waals surface area contributed by atoms with Crippen molar-refractivity contribution in [3.05, 3.63) is 29.3 Å². The quantitative estimate of drug-likeness (QED) is 0.614. The standard InChI is InChI=1S/C14H19NO4S/c1-11-4-3-5-12(2)14(11)19-13(16)10-15-6-8-20(17,18)9-7-15/h3-5H,6-10H2,1-2H3. The van der Waals surface area contributed by atoms with Crippen LogP contribution in [0.1, 0.15) is 11.1 Å². The molecule has 0 saturated carbocycles. The molecular weight excluding hydrogens is 278 g/mol. The van der Waals surface area contributed by atoms with Crippen molar-refractivity contribution in [2.75, 3.05) is 31.1 Å². The van der Waals surface area contributed by atoms with Gasteiger partial charge in [-0.1, -0.05) is 18.2 Å². The minimum absolute atomic E-state index is 0.115. The summed E-state index contributed by atoms with van der Waals surface area (Å²) in [7, 11) is -2.92. The van der Waals surface area contributed by atoms with E-state index >= 15 is 0 Å². The molecule has 0 aromatic heterocycles. The van der Waals surface area contributed by atoms with Gasteiger partial charge in [-0.25, -0.2) is 8.42 Å². The van der Waals surface area contributed by atoms with E-state index in [1.807, 2.05) is 36.9 Å². The molecule has 1 aliphatic heterocycles. The summed E-state index contributed by atoms with van der Waals surface area (Å²) < 4.78 is 28.0. The molecule has 0 N–H and O–H groups in total. The lowest BCUT2D eigenvalue weighted by molar-refractivity contribution is -0.135. The number of benzene rings is 1. The number of carbonyl (C=O) groups is 1. The number of hydrogen-bond acceptors (Lipinski definition) is 5. The third-order valence-corrected chi connectivity index (χ3v) is 5.02. The Morgan fingerprint density at radius 2 is 1.75 bits per heavy atom. The number of nitrogens with zero attached hydrogens (tertiary/aromatic N) is 1. The average Bonchev–Trinajstić information content (AvgIpc) is 2.37. The Morgan fingerprint density at radius 1 is 1.20 bits per heavy atom. The largest absolute Gasteiger partial charge is 0.425 e. The van der Waals surface area contributed by atoms with Gasteiger partial charge in [0.05, 0.1) is 18.1 Å². The lowest BCUT2D eigenvalue weighted by Crippen LogP contribution is -2.43. The number of sulfone groups is 1. The van der Waals surface area contributed by atoms with E-state index in [1.165, 1.54) is 0 Å². The molecule has 0 spiro atoms. The molecule has 0 unspecified atom stereocenters. The number of aryl methyl sites for hydroxylation is 2. The van der Waals surface area contributed by atoms with Crippen LogP contribution in [0.5, 0.6) is 5.75 Å². The summed E-state index contributed by atoms with van der Waals surface area (Å²) in [6, 6.07) is 5.70. The third-order valence-electron chi connectivity index (χ3n) is 3.41.